The number of aliphatic hydroxyl groups is 1. The molecule has 0 radical (unpaired) electrons. The van der Waals surface area contributed by atoms with Crippen LogP contribution in [-0.2, 0) is 6.42 Å². The van der Waals surface area contributed by atoms with Crippen molar-refractivity contribution >= 4 is 5.69 Å². The van der Waals surface area contributed by atoms with E-state index in [1.54, 1.807) is 0 Å². The number of fused-ring (bicyclic) bond motifs is 1. The Labute approximate surface area is 78.8 Å². The molecule has 1 unspecified atom stereocenters. The first-order valence-electron chi connectivity index (χ1n) is 4.85. The van der Waals surface area contributed by atoms with Crippen molar-refractivity contribution in [1.82, 2.24) is 0 Å². The van der Waals surface area contributed by atoms with Crippen molar-refractivity contribution in [3.63, 3.8) is 0 Å². The van der Waals surface area contributed by atoms with Crippen molar-refractivity contribution in [2.45, 2.75) is 26.0 Å². The maximum atomic E-state index is 9.73. The second-order valence-electron chi connectivity index (χ2n) is 3.46. The van der Waals surface area contributed by atoms with E-state index in [0.29, 0.717) is 0 Å². The largest absolute Gasteiger partial charge is 0.374 e. The molecule has 0 saturated carbocycles. The molecule has 1 heterocycles. The Balaban J connectivity index is 2.28. The van der Waals surface area contributed by atoms with Gasteiger partial charge in [0.15, 0.2) is 0 Å². The number of nitrogens with zero attached hydrogens (tertiary/aromatic N) is 1. The molecule has 0 amide bonds. The first-order chi connectivity index (χ1) is 6.33. The third-order valence-corrected chi connectivity index (χ3v) is 2.65. The van der Waals surface area contributed by atoms with Gasteiger partial charge in [-0.2, -0.15) is 0 Å². The van der Waals surface area contributed by atoms with E-state index in [1.807, 2.05) is 13.0 Å². The smallest absolute Gasteiger partial charge is 0.126 e. The van der Waals surface area contributed by atoms with Gasteiger partial charge >= 0.3 is 0 Å². The summed E-state index contributed by atoms with van der Waals surface area (Å²) < 4.78 is 0. The lowest BCUT2D eigenvalue weighted by molar-refractivity contribution is 0.167. The molecule has 2 rings (SSSR count). The molecule has 0 saturated heterocycles. The Morgan fingerprint density at radius 3 is 3.00 bits per heavy atom. The topological polar surface area (TPSA) is 23.5 Å². The summed E-state index contributed by atoms with van der Waals surface area (Å²) in [6.07, 6.45) is 1.53. The second kappa shape index (κ2) is 3.38. The van der Waals surface area contributed by atoms with Crippen LogP contribution in [0.4, 0.5) is 5.69 Å². The van der Waals surface area contributed by atoms with Crippen LogP contribution in [0.3, 0.4) is 0 Å². The van der Waals surface area contributed by atoms with Crippen LogP contribution in [0.15, 0.2) is 24.3 Å². The summed E-state index contributed by atoms with van der Waals surface area (Å²) in [6, 6.07) is 8.30. The molecule has 70 valence electrons. The van der Waals surface area contributed by atoms with Gasteiger partial charge in [0, 0.05) is 12.2 Å². The summed E-state index contributed by atoms with van der Waals surface area (Å²) in [4.78, 5) is 2.08. The van der Waals surface area contributed by atoms with E-state index in [0.717, 1.165) is 19.4 Å². The summed E-state index contributed by atoms with van der Waals surface area (Å²) >= 11 is 0. The Bertz CT molecular complexity index is 298. The summed E-state index contributed by atoms with van der Waals surface area (Å²) in [5.41, 5.74) is 2.56. The van der Waals surface area contributed by atoms with Gasteiger partial charge in [-0.15, -0.1) is 0 Å². The fourth-order valence-electron chi connectivity index (χ4n) is 1.89. The predicted octanol–water partition coefficient (Wildman–Crippen LogP) is 1.78. The highest BCUT2D eigenvalue weighted by molar-refractivity contribution is 5.58. The summed E-state index contributed by atoms with van der Waals surface area (Å²) in [5, 5.41) is 9.73. The van der Waals surface area contributed by atoms with Gasteiger partial charge in [0.2, 0.25) is 0 Å². The van der Waals surface area contributed by atoms with Gasteiger partial charge in [0.1, 0.15) is 6.23 Å². The van der Waals surface area contributed by atoms with Crippen LogP contribution >= 0.6 is 0 Å². The van der Waals surface area contributed by atoms with E-state index in [-0.39, 0.29) is 6.23 Å². The van der Waals surface area contributed by atoms with Crippen LogP contribution in [0.25, 0.3) is 0 Å². The Morgan fingerprint density at radius 1 is 1.46 bits per heavy atom. The normalized spacial score (nSPS) is 17.2. The standard InChI is InChI=1S/C11H15NO/c1-2-11(13)12-8-7-9-5-3-4-6-10(9)12/h3-6,11,13H,2,7-8H2,1H3. The molecule has 1 aliphatic heterocycles. The lowest BCUT2D eigenvalue weighted by atomic mass is 10.2. The molecule has 0 aromatic heterocycles. The quantitative estimate of drug-likeness (QED) is 0.744. The number of para-hydroxylation sites is 1. The molecule has 0 bridgehead atoms. The van der Waals surface area contributed by atoms with Gasteiger partial charge in [0.05, 0.1) is 0 Å². The lowest BCUT2D eigenvalue weighted by Crippen LogP contribution is -2.32. The van der Waals surface area contributed by atoms with Gasteiger partial charge < -0.3 is 10.0 Å². The van der Waals surface area contributed by atoms with Crippen LogP contribution in [0.2, 0.25) is 0 Å². The molecule has 1 aromatic rings. The van der Waals surface area contributed by atoms with Gasteiger partial charge in [0.25, 0.3) is 0 Å². The summed E-state index contributed by atoms with van der Waals surface area (Å²) in [7, 11) is 0. The maximum Gasteiger partial charge on any atom is 0.126 e. The molecular formula is C11H15NO. The number of hydrogen-bond acceptors (Lipinski definition) is 2. The molecule has 2 heteroatoms. The highest BCUT2D eigenvalue weighted by Gasteiger charge is 2.22. The lowest BCUT2D eigenvalue weighted by Gasteiger charge is -2.24. The van der Waals surface area contributed by atoms with Crippen LogP contribution < -0.4 is 4.90 Å². The van der Waals surface area contributed by atoms with Crippen LogP contribution in [0.1, 0.15) is 18.9 Å². The van der Waals surface area contributed by atoms with E-state index in [9.17, 15) is 5.11 Å². The second-order valence-corrected chi connectivity index (χ2v) is 3.46. The zero-order valence-corrected chi connectivity index (χ0v) is 7.90. The van der Waals surface area contributed by atoms with Crippen molar-refractivity contribution in [3.05, 3.63) is 29.8 Å². The van der Waals surface area contributed by atoms with Crippen LogP contribution in [-0.4, -0.2) is 17.9 Å². The molecule has 13 heavy (non-hydrogen) atoms. The number of rotatable bonds is 2. The van der Waals surface area contributed by atoms with E-state index >= 15 is 0 Å². The number of anilines is 1. The van der Waals surface area contributed by atoms with Gasteiger partial charge in [-0.25, -0.2) is 0 Å². The molecular weight excluding hydrogens is 162 g/mol. The molecule has 0 aliphatic carbocycles. The molecule has 2 nitrogen and oxygen atoms in total. The van der Waals surface area contributed by atoms with Gasteiger partial charge in [-0.3, -0.25) is 0 Å². The molecule has 1 N–H and O–H groups in total. The molecule has 0 fully saturated rings. The molecule has 1 atom stereocenters. The molecule has 1 aliphatic rings. The fourth-order valence-corrected chi connectivity index (χ4v) is 1.89. The van der Waals surface area contributed by atoms with Crippen LogP contribution in [0.5, 0.6) is 0 Å². The number of hydrogen-bond donors (Lipinski definition) is 1. The highest BCUT2D eigenvalue weighted by atomic mass is 16.3. The minimum Gasteiger partial charge on any atom is -0.374 e. The van der Waals surface area contributed by atoms with E-state index in [4.69, 9.17) is 0 Å². The third-order valence-electron chi connectivity index (χ3n) is 2.65. The molecule has 1 aromatic carbocycles. The van der Waals surface area contributed by atoms with Crippen molar-refractivity contribution in [2.75, 3.05) is 11.4 Å². The number of benzene rings is 1. The Morgan fingerprint density at radius 2 is 2.23 bits per heavy atom. The number of aliphatic hydroxyl groups excluding tert-OH is 1. The van der Waals surface area contributed by atoms with E-state index < -0.39 is 0 Å². The summed E-state index contributed by atoms with van der Waals surface area (Å²) in [6.45, 7) is 2.96. The predicted molar refractivity (Wildman–Crippen MR) is 53.8 cm³/mol. The zero-order chi connectivity index (χ0) is 9.26. The first kappa shape index (κ1) is 8.57. The van der Waals surface area contributed by atoms with E-state index in [1.165, 1.54) is 11.3 Å². The van der Waals surface area contributed by atoms with Crippen LogP contribution in [0, 0.1) is 0 Å². The average Bonchev–Trinajstić information content (AvgIpc) is 2.60. The maximum absolute atomic E-state index is 9.73. The van der Waals surface area contributed by atoms with E-state index in [2.05, 4.69) is 23.1 Å². The minimum atomic E-state index is -0.316. The minimum absolute atomic E-state index is 0.316. The Hall–Kier alpha value is -1.02. The average molecular weight is 177 g/mol. The first-order valence-corrected chi connectivity index (χ1v) is 4.85. The SMILES string of the molecule is CCC(O)N1CCc2ccccc21. The van der Waals surface area contributed by atoms with Crippen molar-refractivity contribution in [2.24, 2.45) is 0 Å². The van der Waals surface area contributed by atoms with Gasteiger partial charge in [-0.1, -0.05) is 25.1 Å². The van der Waals surface area contributed by atoms with Gasteiger partial charge in [-0.05, 0) is 24.5 Å². The highest BCUT2D eigenvalue weighted by Crippen LogP contribution is 2.28. The molecule has 0 spiro atoms. The summed E-state index contributed by atoms with van der Waals surface area (Å²) in [5.74, 6) is 0. The third kappa shape index (κ3) is 1.42. The van der Waals surface area contributed by atoms with Crippen molar-refractivity contribution in [1.29, 1.82) is 0 Å². The monoisotopic (exact) mass is 177 g/mol. The van der Waals surface area contributed by atoms with Crippen molar-refractivity contribution in [3.8, 4) is 0 Å². The van der Waals surface area contributed by atoms with Crippen molar-refractivity contribution < 1.29 is 5.11 Å². The Kier molecular flexibility index (Phi) is 2.23. The fraction of sp³-hybridized carbons (Fsp3) is 0.455. The zero-order valence-electron chi connectivity index (χ0n) is 7.90.